The number of hydrogen-bond donors (Lipinski definition) is 2. The van der Waals surface area contributed by atoms with Crippen molar-refractivity contribution >= 4 is 21.6 Å². The second-order valence-electron chi connectivity index (χ2n) is 7.30. The SMILES string of the molecule is COc1cccc([C@H](C)NC(=O)c2cc(OC)ccc2NS(=O)(=O)c2ccc(C)cc2)c1. The molecule has 0 aliphatic heterocycles. The zero-order chi connectivity index (χ0) is 23.3. The topological polar surface area (TPSA) is 93.7 Å². The second kappa shape index (κ2) is 9.74. The first kappa shape index (κ1) is 23.1. The Labute approximate surface area is 188 Å². The normalized spacial score (nSPS) is 12.0. The Kier molecular flexibility index (Phi) is 7.05. The minimum absolute atomic E-state index is 0.107. The molecule has 7 nitrogen and oxygen atoms in total. The summed E-state index contributed by atoms with van der Waals surface area (Å²) in [7, 11) is -0.830. The summed E-state index contributed by atoms with van der Waals surface area (Å²) in [4.78, 5) is 13.2. The van der Waals surface area contributed by atoms with E-state index in [-0.39, 0.29) is 22.2 Å². The lowest BCUT2D eigenvalue weighted by atomic mass is 10.1. The van der Waals surface area contributed by atoms with Gasteiger partial charge in [0.2, 0.25) is 0 Å². The van der Waals surface area contributed by atoms with Crippen LogP contribution >= 0.6 is 0 Å². The molecule has 8 heteroatoms. The molecule has 32 heavy (non-hydrogen) atoms. The summed E-state index contributed by atoms with van der Waals surface area (Å²) in [6.07, 6.45) is 0. The summed E-state index contributed by atoms with van der Waals surface area (Å²) in [6, 6.07) is 18.1. The molecule has 0 saturated heterocycles. The van der Waals surface area contributed by atoms with Gasteiger partial charge >= 0.3 is 0 Å². The van der Waals surface area contributed by atoms with Gasteiger partial charge in [0.05, 0.1) is 36.4 Å². The van der Waals surface area contributed by atoms with Gasteiger partial charge in [0.1, 0.15) is 11.5 Å². The smallest absolute Gasteiger partial charge is 0.261 e. The van der Waals surface area contributed by atoms with Gasteiger partial charge in [-0.2, -0.15) is 0 Å². The molecule has 168 valence electrons. The summed E-state index contributed by atoms with van der Waals surface area (Å²) >= 11 is 0. The summed E-state index contributed by atoms with van der Waals surface area (Å²) in [5.74, 6) is 0.666. The van der Waals surface area contributed by atoms with Gasteiger partial charge in [-0.3, -0.25) is 9.52 Å². The number of sulfonamides is 1. The van der Waals surface area contributed by atoms with E-state index in [0.717, 1.165) is 11.1 Å². The van der Waals surface area contributed by atoms with Crippen molar-refractivity contribution in [1.29, 1.82) is 0 Å². The van der Waals surface area contributed by atoms with Gasteiger partial charge in [-0.05, 0) is 61.9 Å². The minimum atomic E-state index is -3.88. The first-order chi connectivity index (χ1) is 15.2. The van der Waals surface area contributed by atoms with E-state index < -0.39 is 15.9 Å². The summed E-state index contributed by atoms with van der Waals surface area (Å²) in [6.45, 7) is 3.71. The van der Waals surface area contributed by atoms with E-state index in [1.54, 1.807) is 25.3 Å². The van der Waals surface area contributed by atoms with Gasteiger partial charge in [-0.1, -0.05) is 29.8 Å². The molecule has 0 fully saturated rings. The van der Waals surface area contributed by atoms with Crippen LogP contribution in [0.3, 0.4) is 0 Å². The lowest BCUT2D eigenvalue weighted by Crippen LogP contribution is -2.28. The van der Waals surface area contributed by atoms with Crippen molar-refractivity contribution < 1.29 is 22.7 Å². The minimum Gasteiger partial charge on any atom is -0.497 e. The highest BCUT2D eigenvalue weighted by molar-refractivity contribution is 7.92. The maximum Gasteiger partial charge on any atom is 0.261 e. The van der Waals surface area contributed by atoms with Crippen LogP contribution in [0, 0.1) is 6.92 Å². The predicted molar refractivity (Wildman–Crippen MR) is 124 cm³/mol. The van der Waals surface area contributed by atoms with Crippen LogP contribution in [0.5, 0.6) is 11.5 Å². The quantitative estimate of drug-likeness (QED) is 0.529. The van der Waals surface area contributed by atoms with Crippen molar-refractivity contribution in [3.63, 3.8) is 0 Å². The molecule has 0 heterocycles. The van der Waals surface area contributed by atoms with E-state index in [0.29, 0.717) is 11.5 Å². The molecular formula is C24H26N2O5S. The van der Waals surface area contributed by atoms with E-state index in [1.807, 2.05) is 38.1 Å². The molecule has 0 aliphatic carbocycles. The van der Waals surface area contributed by atoms with Crippen molar-refractivity contribution in [1.82, 2.24) is 5.32 Å². The van der Waals surface area contributed by atoms with Gasteiger partial charge < -0.3 is 14.8 Å². The highest BCUT2D eigenvalue weighted by Crippen LogP contribution is 2.26. The molecule has 0 saturated carbocycles. The van der Waals surface area contributed by atoms with Crippen LogP contribution < -0.4 is 19.5 Å². The number of nitrogens with one attached hydrogen (secondary N) is 2. The Hall–Kier alpha value is -3.52. The summed E-state index contributed by atoms with van der Waals surface area (Å²) in [5, 5.41) is 2.90. The zero-order valence-corrected chi connectivity index (χ0v) is 19.2. The van der Waals surface area contributed by atoms with Crippen molar-refractivity contribution in [2.45, 2.75) is 24.8 Å². The molecule has 1 atom stereocenters. The van der Waals surface area contributed by atoms with Gasteiger partial charge in [-0.25, -0.2) is 8.42 Å². The second-order valence-corrected chi connectivity index (χ2v) is 8.98. The first-order valence-corrected chi connectivity index (χ1v) is 11.4. The molecule has 1 amide bonds. The highest BCUT2D eigenvalue weighted by Gasteiger charge is 2.21. The third kappa shape index (κ3) is 5.39. The van der Waals surface area contributed by atoms with E-state index in [4.69, 9.17) is 9.47 Å². The van der Waals surface area contributed by atoms with Crippen LogP contribution in [0.1, 0.15) is 34.5 Å². The number of methoxy groups -OCH3 is 2. The average Bonchev–Trinajstić information content (AvgIpc) is 2.79. The Bertz CT molecular complexity index is 1210. The zero-order valence-electron chi connectivity index (χ0n) is 18.4. The lowest BCUT2D eigenvalue weighted by Gasteiger charge is -2.18. The van der Waals surface area contributed by atoms with Crippen LogP contribution in [0.2, 0.25) is 0 Å². The molecule has 0 aliphatic rings. The third-order valence-electron chi connectivity index (χ3n) is 4.99. The Balaban J connectivity index is 1.89. The Morgan fingerprint density at radius 2 is 1.56 bits per heavy atom. The maximum atomic E-state index is 13.1. The monoisotopic (exact) mass is 454 g/mol. The molecule has 3 rings (SSSR count). The number of ether oxygens (including phenoxy) is 2. The molecular weight excluding hydrogens is 428 g/mol. The summed E-state index contributed by atoms with van der Waals surface area (Å²) in [5.41, 5.74) is 2.10. The number of carbonyl (C=O) groups excluding carboxylic acids is 1. The number of aryl methyl sites for hydroxylation is 1. The molecule has 0 bridgehead atoms. The fourth-order valence-corrected chi connectivity index (χ4v) is 4.20. The fourth-order valence-electron chi connectivity index (χ4n) is 3.12. The van der Waals surface area contributed by atoms with E-state index in [1.165, 1.54) is 31.4 Å². The van der Waals surface area contributed by atoms with E-state index in [2.05, 4.69) is 10.0 Å². The Morgan fingerprint density at radius 1 is 0.906 bits per heavy atom. The number of amides is 1. The van der Waals surface area contributed by atoms with E-state index >= 15 is 0 Å². The van der Waals surface area contributed by atoms with Crippen LogP contribution in [0.15, 0.2) is 71.6 Å². The fraction of sp³-hybridized carbons (Fsp3) is 0.208. The largest absolute Gasteiger partial charge is 0.497 e. The van der Waals surface area contributed by atoms with Crippen molar-refractivity contribution in [2.75, 3.05) is 18.9 Å². The maximum absolute atomic E-state index is 13.1. The van der Waals surface area contributed by atoms with E-state index in [9.17, 15) is 13.2 Å². The van der Waals surface area contributed by atoms with Crippen LogP contribution in [-0.2, 0) is 10.0 Å². The van der Waals surface area contributed by atoms with Crippen molar-refractivity contribution in [3.8, 4) is 11.5 Å². The molecule has 0 radical (unpaired) electrons. The van der Waals surface area contributed by atoms with Crippen LogP contribution in [0.25, 0.3) is 0 Å². The van der Waals surface area contributed by atoms with Gasteiger partial charge in [0, 0.05) is 0 Å². The molecule has 3 aromatic rings. The van der Waals surface area contributed by atoms with Gasteiger partial charge in [-0.15, -0.1) is 0 Å². The van der Waals surface area contributed by atoms with Gasteiger partial charge in [0.25, 0.3) is 15.9 Å². The third-order valence-corrected chi connectivity index (χ3v) is 6.37. The molecule has 3 aromatic carbocycles. The number of benzene rings is 3. The van der Waals surface area contributed by atoms with Gasteiger partial charge in [0.15, 0.2) is 0 Å². The standard InChI is InChI=1S/C24H26N2O5S/c1-16-8-11-21(12-9-16)32(28,29)26-23-13-10-20(31-4)15-22(23)24(27)25-17(2)18-6-5-7-19(14-18)30-3/h5-15,17,26H,1-4H3,(H,25,27)/t17-/m0/s1. The number of hydrogen-bond acceptors (Lipinski definition) is 5. The Morgan fingerprint density at radius 3 is 2.22 bits per heavy atom. The average molecular weight is 455 g/mol. The number of rotatable bonds is 8. The molecule has 2 N–H and O–H groups in total. The number of anilines is 1. The molecule has 0 aromatic heterocycles. The first-order valence-electron chi connectivity index (χ1n) is 9.96. The van der Waals surface area contributed by atoms with Crippen molar-refractivity contribution in [2.24, 2.45) is 0 Å². The predicted octanol–water partition coefficient (Wildman–Crippen LogP) is 4.30. The van der Waals surface area contributed by atoms with Crippen molar-refractivity contribution in [3.05, 3.63) is 83.4 Å². The number of carbonyl (C=O) groups is 1. The molecule has 0 spiro atoms. The van der Waals surface area contributed by atoms with Crippen LogP contribution in [-0.4, -0.2) is 28.5 Å². The highest BCUT2D eigenvalue weighted by atomic mass is 32.2. The summed E-state index contributed by atoms with van der Waals surface area (Å²) < 4.78 is 38.7. The lowest BCUT2D eigenvalue weighted by molar-refractivity contribution is 0.0940. The van der Waals surface area contributed by atoms with Crippen LogP contribution in [0.4, 0.5) is 5.69 Å². The molecule has 0 unspecified atom stereocenters.